The topological polar surface area (TPSA) is 54.7 Å². The Morgan fingerprint density at radius 1 is 1.10 bits per heavy atom. The molecule has 0 bridgehead atoms. The van der Waals surface area contributed by atoms with Crippen LogP contribution in [0.4, 0.5) is 23.2 Å². The predicted octanol–water partition coefficient (Wildman–Crippen LogP) is 3.97. The number of nitrogens with one attached hydrogen (secondary N) is 1. The van der Waals surface area contributed by atoms with E-state index in [1.54, 1.807) is 18.2 Å². The number of nitrogen functional groups attached to an aromatic ring is 1. The van der Waals surface area contributed by atoms with E-state index in [9.17, 15) is 17.6 Å². The minimum Gasteiger partial charge on any atom is -0.397 e. The number of fused-ring (bicyclic) bond motifs is 1. The number of nitrogens with two attached hydrogens (primary N) is 1. The van der Waals surface area contributed by atoms with Crippen LogP contribution in [0, 0.1) is 5.82 Å². The van der Waals surface area contributed by atoms with Crippen molar-refractivity contribution in [3.05, 3.63) is 47.8 Å². The largest absolute Gasteiger partial charge is 0.416 e. The minimum atomic E-state index is -4.55. The third-order valence-electron chi connectivity index (χ3n) is 3.09. The molecule has 0 saturated carbocycles. The summed E-state index contributed by atoms with van der Waals surface area (Å²) in [6.07, 6.45) is -4.55. The number of halogens is 4. The molecule has 7 heteroatoms. The normalized spacial score (nSPS) is 12.0. The van der Waals surface area contributed by atoms with Gasteiger partial charge in [0.15, 0.2) is 0 Å². The zero-order valence-corrected chi connectivity index (χ0v) is 10.5. The van der Waals surface area contributed by atoms with E-state index in [2.05, 4.69) is 9.97 Å². The van der Waals surface area contributed by atoms with Crippen LogP contribution in [-0.4, -0.2) is 9.97 Å². The molecule has 108 valence electrons. The van der Waals surface area contributed by atoms with Crippen LogP contribution in [0.5, 0.6) is 0 Å². The standard InChI is InChI=1S/C14H9F4N3/c15-9-5-4-7(14(16,17)18)6-8(9)13-20-11-3-1-2-10(19)12(11)21-13/h1-6H,19H2,(H,20,21). The number of para-hydroxylation sites is 1. The number of H-pyrrole nitrogens is 1. The van der Waals surface area contributed by atoms with Crippen LogP contribution >= 0.6 is 0 Å². The Labute approximate surface area is 116 Å². The van der Waals surface area contributed by atoms with Gasteiger partial charge in [0.05, 0.1) is 22.3 Å². The smallest absolute Gasteiger partial charge is 0.397 e. The van der Waals surface area contributed by atoms with Crippen LogP contribution in [0.1, 0.15) is 5.56 Å². The molecule has 3 aromatic rings. The average Bonchev–Trinajstić information content (AvgIpc) is 2.83. The van der Waals surface area contributed by atoms with E-state index < -0.39 is 17.6 Å². The first-order chi connectivity index (χ1) is 9.86. The number of nitrogens with zero attached hydrogens (tertiary/aromatic N) is 1. The summed E-state index contributed by atoms with van der Waals surface area (Å²) in [5, 5.41) is 0. The first kappa shape index (κ1) is 13.4. The van der Waals surface area contributed by atoms with E-state index in [0.29, 0.717) is 22.8 Å². The molecule has 21 heavy (non-hydrogen) atoms. The van der Waals surface area contributed by atoms with E-state index >= 15 is 0 Å². The Bertz CT molecular complexity index is 821. The molecule has 1 heterocycles. The average molecular weight is 295 g/mol. The lowest BCUT2D eigenvalue weighted by Gasteiger charge is -2.08. The lowest BCUT2D eigenvalue weighted by molar-refractivity contribution is -0.137. The first-order valence-electron chi connectivity index (χ1n) is 5.97. The fourth-order valence-electron chi connectivity index (χ4n) is 2.06. The zero-order chi connectivity index (χ0) is 15.2. The highest BCUT2D eigenvalue weighted by Gasteiger charge is 2.31. The highest BCUT2D eigenvalue weighted by atomic mass is 19.4. The third-order valence-corrected chi connectivity index (χ3v) is 3.09. The molecule has 0 amide bonds. The van der Waals surface area contributed by atoms with Crippen molar-refractivity contribution in [2.75, 3.05) is 5.73 Å². The van der Waals surface area contributed by atoms with Crippen LogP contribution in [-0.2, 0) is 6.18 Å². The molecule has 0 atom stereocenters. The maximum absolute atomic E-state index is 13.8. The summed E-state index contributed by atoms with van der Waals surface area (Å²) in [6.45, 7) is 0. The van der Waals surface area contributed by atoms with Gasteiger partial charge in [0.2, 0.25) is 0 Å². The first-order valence-corrected chi connectivity index (χ1v) is 5.97. The predicted molar refractivity (Wildman–Crippen MR) is 70.9 cm³/mol. The van der Waals surface area contributed by atoms with Crippen molar-refractivity contribution in [2.24, 2.45) is 0 Å². The van der Waals surface area contributed by atoms with Crippen molar-refractivity contribution >= 4 is 16.7 Å². The maximum Gasteiger partial charge on any atom is 0.416 e. The molecule has 0 fully saturated rings. The molecular weight excluding hydrogens is 286 g/mol. The van der Waals surface area contributed by atoms with Gasteiger partial charge < -0.3 is 10.7 Å². The fraction of sp³-hybridized carbons (Fsp3) is 0.0714. The summed E-state index contributed by atoms with van der Waals surface area (Å²) >= 11 is 0. The molecule has 2 aromatic carbocycles. The molecule has 0 aliphatic rings. The van der Waals surface area contributed by atoms with Gasteiger partial charge in [0.25, 0.3) is 0 Å². The van der Waals surface area contributed by atoms with Gasteiger partial charge in [-0.05, 0) is 30.3 Å². The van der Waals surface area contributed by atoms with Crippen molar-refractivity contribution < 1.29 is 17.6 Å². The van der Waals surface area contributed by atoms with E-state index in [1.165, 1.54) is 0 Å². The van der Waals surface area contributed by atoms with Crippen LogP contribution in [0.15, 0.2) is 36.4 Å². The second-order valence-corrected chi connectivity index (χ2v) is 4.52. The Morgan fingerprint density at radius 3 is 2.52 bits per heavy atom. The second kappa shape index (κ2) is 4.47. The molecule has 0 radical (unpaired) electrons. The SMILES string of the molecule is Nc1cccc2[nH]c(-c3cc(C(F)(F)F)ccc3F)nc12. The Balaban J connectivity index is 2.20. The Kier molecular flexibility index (Phi) is 2.86. The van der Waals surface area contributed by atoms with Crippen LogP contribution in [0.25, 0.3) is 22.4 Å². The van der Waals surface area contributed by atoms with E-state index in [-0.39, 0.29) is 11.4 Å². The molecule has 3 rings (SSSR count). The lowest BCUT2D eigenvalue weighted by atomic mass is 10.1. The molecule has 1 aromatic heterocycles. The highest BCUT2D eigenvalue weighted by Crippen LogP contribution is 2.33. The summed E-state index contributed by atoms with van der Waals surface area (Å²) in [4.78, 5) is 6.85. The summed E-state index contributed by atoms with van der Waals surface area (Å²) in [5.74, 6) is -0.785. The number of hydrogen-bond donors (Lipinski definition) is 2. The van der Waals surface area contributed by atoms with Crippen molar-refractivity contribution in [2.45, 2.75) is 6.18 Å². The molecule has 0 unspecified atom stereocenters. The summed E-state index contributed by atoms with van der Waals surface area (Å²) in [5.41, 5.74) is 5.83. The lowest BCUT2D eigenvalue weighted by Crippen LogP contribution is -2.05. The maximum atomic E-state index is 13.8. The van der Waals surface area contributed by atoms with Crippen molar-refractivity contribution in [1.29, 1.82) is 0 Å². The molecule has 3 nitrogen and oxygen atoms in total. The number of benzene rings is 2. The van der Waals surface area contributed by atoms with Gasteiger partial charge in [0, 0.05) is 0 Å². The number of aromatic nitrogens is 2. The molecule has 0 aliphatic carbocycles. The number of alkyl halides is 3. The Hall–Kier alpha value is -2.57. The number of imidazole rings is 1. The highest BCUT2D eigenvalue weighted by molar-refractivity contribution is 5.89. The van der Waals surface area contributed by atoms with Gasteiger partial charge in [0.1, 0.15) is 17.2 Å². The van der Waals surface area contributed by atoms with Crippen molar-refractivity contribution in [3.8, 4) is 11.4 Å². The third kappa shape index (κ3) is 2.31. The minimum absolute atomic E-state index is 0.00602. The number of hydrogen-bond acceptors (Lipinski definition) is 2. The van der Waals surface area contributed by atoms with E-state index in [4.69, 9.17) is 5.73 Å². The summed E-state index contributed by atoms with van der Waals surface area (Å²) in [6, 6.07) is 7.12. The van der Waals surface area contributed by atoms with Crippen LogP contribution < -0.4 is 5.73 Å². The Morgan fingerprint density at radius 2 is 1.86 bits per heavy atom. The molecule has 0 spiro atoms. The number of aromatic amines is 1. The fourth-order valence-corrected chi connectivity index (χ4v) is 2.06. The van der Waals surface area contributed by atoms with E-state index in [0.717, 1.165) is 12.1 Å². The summed E-state index contributed by atoms with van der Waals surface area (Å²) < 4.78 is 51.9. The van der Waals surface area contributed by atoms with Gasteiger partial charge in [-0.1, -0.05) is 6.07 Å². The van der Waals surface area contributed by atoms with Crippen molar-refractivity contribution in [1.82, 2.24) is 9.97 Å². The van der Waals surface area contributed by atoms with Crippen molar-refractivity contribution in [3.63, 3.8) is 0 Å². The van der Waals surface area contributed by atoms with Gasteiger partial charge in [-0.15, -0.1) is 0 Å². The van der Waals surface area contributed by atoms with Gasteiger partial charge in [-0.3, -0.25) is 0 Å². The van der Waals surface area contributed by atoms with Gasteiger partial charge in [-0.25, -0.2) is 9.37 Å². The monoisotopic (exact) mass is 295 g/mol. The number of rotatable bonds is 1. The van der Waals surface area contributed by atoms with Gasteiger partial charge in [-0.2, -0.15) is 13.2 Å². The van der Waals surface area contributed by atoms with Gasteiger partial charge >= 0.3 is 6.18 Å². The number of anilines is 1. The quantitative estimate of drug-likeness (QED) is 0.527. The second-order valence-electron chi connectivity index (χ2n) is 4.52. The molecule has 3 N–H and O–H groups in total. The molecule has 0 aliphatic heterocycles. The van der Waals surface area contributed by atoms with Crippen LogP contribution in [0.3, 0.4) is 0 Å². The molecular formula is C14H9F4N3. The van der Waals surface area contributed by atoms with Crippen LogP contribution in [0.2, 0.25) is 0 Å². The van der Waals surface area contributed by atoms with E-state index in [1.807, 2.05) is 0 Å². The summed E-state index contributed by atoms with van der Waals surface area (Å²) in [7, 11) is 0. The molecule has 0 saturated heterocycles. The zero-order valence-electron chi connectivity index (χ0n) is 10.5.